The van der Waals surface area contributed by atoms with Crippen molar-refractivity contribution in [1.29, 1.82) is 0 Å². The molecular formula is C45H61ClN6O7S. The number of phenolic OH excluding ortho intramolecular Hbond substituents is 1. The van der Waals surface area contributed by atoms with Crippen LogP contribution in [0.4, 0.5) is 5.69 Å². The number of fused-ring (bicyclic) bond motifs is 1. The normalized spacial score (nSPS) is 18.3. The molecule has 15 heteroatoms. The van der Waals surface area contributed by atoms with Crippen LogP contribution in [0.25, 0.3) is 0 Å². The molecule has 0 radical (unpaired) electrons. The van der Waals surface area contributed by atoms with E-state index in [9.17, 15) is 19.5 Å². The van der Waals surface area contributed by atoms with Gasteiger partial charge in [0.25, 0.3) is 11.8 Å². The van der Waals surface area contributed by atoms with Crippen LogP contribution in [-0.4, -0.2) is 126 Å². The lowest BCUT2D eigenvalue weighted by molar-refractivity contribution is -0.135. The van der Waals surface area contributed by atoms with Crippen molar-refractivity contribution in [2.24, 2.45) is 0 Å². The molecule has 1 saturated carbocycles. The number of nitrogens with zero attached hydrogens (tertiary/aromatic N) is 4. The first-order chi connectivity index (χ1) is 29.1. The maximum absolute atomic E-state index is 13.6. The Bertz CT molecular complexity index is 1950. The predicted molar refractivity (Wildman–Crippen MR) is 233 cm³/mol. The number of nitrogens with one attached hydrogen (secondary N) is 2. The number of morpholine rings is 1. The molecule has 4 aliphatic rings. The Labute approximate surface area is 363 Å². The van der Waals surface area contributed by atoms with Crippen LogP contribution in [-0.2, 0) is 38.4 Å². The van der Waals surface area contributed by atoms with Gasteiger partial charge in [-0.25, -0.2) is 4.98 Å². The van der Waals surface area contributed by atoms with Crippen LogP contribution >= 0.6 is 22.9 Å². The minimum Gasteiger partial charge on any atom is -0.506 e. The first-order valence-electron chi connectivity index (χ1n) is 21.8. The second-order valence-corrected chi connectivity index (χ2v) is 18.2. The van der Waals surface area contributed by atoms with Crippen molar-refractivity contribution in [2.75, 3.05) is 77.6 Å². The van der Waals surface area contributed by atoms with Gasteiger partial charge in [0.15, 0.2) is 12.4 Å². The molecule has 2 saturated heterocycles. The molecule has 3 aromatic rings. The van der Waals surface area contributed by atoms with Crippen molar-refractivity contribution in [3.05, 3.63) is 68.1 Å². The summed E-state index contributed by atoms with van der Waals surface area (Å²) >= 11 is 8.54. The molecule has 3 amide bonds. The number of ether oxygens (including phenoxy) is 3. The Morgan fingerprint density at radius 2 is 1.87 bits per heavy atom. The number of hydrogen-bond acceptors (Lipinski definition) is 11. The van der Waals surface area contributed by atoms with E-state index in [0.29, 0.717) is 94.9 Å². The summed E-state index contributed by atoms with van der Waals surface area (Å²) in [6, 6.07) is 9.85. The van der Waals surface area contributed by atoms with Crippen LogP contribution in [0.1, 0.15) is 103 Å². The number of anilines is 1. The minimum absolute atomic E-state index is 0.00184. The molecule has 0 bridgehead atoms. The maximum Gasteiger partial charge on any atom is 0.273 e. The molecule has 3 aliphatic heterocycles. The number of thiazole rings is 1. The Balaban J connectivity index is 0.827. The van der Waals surface area contributed by atoms with Gasteiger partial charge in [0.05, 0.1) is 43.4 Å². The molecular weight excluding hydrogens is 804 g/mol. The molecule has 13 nitrogen and oxygen atoms in total. The number of benzene rings is 2. The number of hydrogen-bond donors (Lipinski definition) is 3. The molecule has 1 aliphatic carbocycles. The van der Waals surface area contributed by atoms with E-state index in [1.54, 1.807) is 17.4 Å². The summed E-state index contributed by atoms with van der Waals surface area (Å²) in [4.78, 5) is 49.7. The van der Waals surface area contributed by atoms with Gasteiger partial charge in [-0.05, 0) is 67.8 Å². The largest absolute Gasteiger partial charge is 0.506 e. The van der Waals surface area contributed by atoms with E-state index < -0.39 is 0 Å². The van der Waals surface area contributed by atoms with E-state index in [1.807, 2.05) is 16.3 Å². The molecule has 0 atom stereocenters. The summed E-state index contributed by atoms with van der Waals surface area (Å²) in [5.41, 5.74) is 3.58. The number of carbonyl (C=O) groups excluding carboxylic acids is 3. The lowest BCUT2D eigenvalue weighted by atomic mass is 9.89. The van der Waals surface area contributed by atoms with Gasteiger partial charge in [-0.1, -0.05) is 69.0 Å². The van der Waals surface area contributed by atoms with Crippen LogP contribution in [0.15, 0.2) is 35.7 Å². The van der Waals surface area contributed by atoms with E-state index in [-0.39, 0.29) is 41.7 Å². The van der Waals surface area contributed by atoms with Crippen molar-refractivity contribution in [1.82, 2.24) is 25.0 Å². The van der Waals surface area contributed by atoms with Crippen LogP contribution in [0.2, 0.25) is 5.02 Å². The number of likely N-dealkylation sites (tertiary alicyclic amines) is 1. The van der Waals surface area contributed by atoms with E-state index >= 15 is 0 Å². The van der Waals surface area contributed by atoms with E-state index in [4.69, 9.17) is 25.8 Å². The predicted octanol–water partition coefficient (Wildman–Crippen LogP) is 6.41. The minimum atomic E-state index is -0.329. The molecule has 3 fully saturated rings. The Morgan fingerprint density at radius 1 is 1.07 bits per heavy atom. The Hall–Kier alpha value is -3.79. The van der Waals surface area contributed by atoms with Crippen LogP contribution in [0.5, 0.6) is 11.5 Å². The zero-order valence-corrected chi connectivity index (χ0v) is 36.7. The van der Waals surface area contributed by atoms with Crippen LogP contribution in [0, 0.1) is 0 Å². The lowest BCUT2D eigenvalue weighted by Crippen LogP contribution is -2.58. The van der Waals surface area contributed by atoms with E-state index in [2.05, 4.69) is 57.5 Å². The molecule has 7 rings (SSSR count). The molecule has 4 heterocycles. The van der Waals surface area contributed by atoms with Gasteiger partial charge in [0.2, 0.25) is 5.91 Å². The summed E-state index contributed by atoms with van der Waals surface area (Å²) in [7, 11) is 0. The van der Waals surface area contributed by atoms with Crippen molar-refractivity contribution < 1.29 is 33.7 Å². The van der Waals surface area contributed by atoms with Crippen molar-refractivity contribution in [2.45, 2.75) is 102 Å². The highest BCUT2D eigenvalue weighted by atomic mass is 35.5. The first-order valence-corrected chi connectivity index (χ1v) is 23.1. The van der Waals surface area contributed by atoms with Gasteiger partial charge in [0.1, 0.15) is 17.1 Å². The van der Waals surface area contributed by atoms with Crippen molar-refractivity contribution >= 4 is 46.3 Å². The molecule has 2 aromatic carbocycles. The fourth-order valence-electron chi connectivity index (χ4n) is 8.89. The molecule has 326 valence electrons. The van der Waals surface area contributed by atoms with Gasteiger partial charge in [-0.3, -0.25) is 19.3 Å². The Morgan fingerprint density at radius 3 is 2.65 bits per heavy atom. The summed E-state index contributed by atoms with van der Waals surface area (Å²) in [6.45, 7) is 11.1. The first kappa shape index (κ1) is 44.3. The molecule has 1 spiro atoms. The van der Waals surface area contributed by atoms with E-state index in [1.165, 1.54) is 6.42 Å². The zero-order chi connectivity index (χ0) is 42.1. The number of aromatic hydroxyl groups is 1. The van der Waals surface area contributed by atoms with Crippen molar-refractivity contribution in [3.8, 4) is 11.5 Å². The maximum atomic E-state index is 13.6. The van der Waals surface area contributed by atoms with E-state index in [0.717, 1.165) is 84.9 Å². The van der Waals surface area contributed by atoms with Gasteiger partial charge >= 0.3 is 0 Å². The molecule has 1 aromatic heterocycles. The summed E-state index contributed by atoms with van der Waals surface area (Å²) in [5.74, 6) is 0.655. The zero-order valence-electron chi connectivity index (χ0n) is 35.1. The number of halogens is 1. The average molecular weight is 866 g/mol. The quantitative estimate of drug-likeness (QED) is 0.103. The molecule has 60 heavy (non-hydrogen) atoms. The smallest absolute Gasteiger partial charge is 0.273 e. The second kappa shape index (κ2) is 20.9. The SMILES string of the molecule is CC(C)c1nc(C(=O)N2CCOC3(CCN(Cc4cccc(CCOCCC(=O)N(CCNCCc5ccc(O)c6c5OCC(=O)N6)C5CCCCC5)c4Cl)CC3)C2)cs1. The fourth-order valence-corrected chi connectivity index (χ4v) is 9.98. The summed E-state index contributed by atoms with van der Waals surface area (Å²) in [6.07, 6.45) is 8.92. The standard InChI is InChI=1S/C45H61ClN6O7S/c1-31(2)43-48-36(29-60-43)44(56)51-23-26-59-45(30-51)16-20-50(21-17-45)27-34-8-6-7-32(40(34)46)14-24-57-25-15-39(55)52(35-9-4-3-5-10-35)22-19-47-18-13-33-11-12-37(53)41-42(33)58-28-38(54)49-41/h6-8,11-12,29,31,35,47,53H,3-5,9-10,13-28,30H2,1-2H3,(H,49,54). The second-order valence-electron chi connectivity index (χ2n) is 16.9. The monoisotopic (exact) mass is 864 g/mol. The van der Waals surface area contributed by atoms with Crippen LogP contribution < -0.4 is 15.4 Å². The summed E-state index contributed by atoms with van der Waals surface area (Å²) in [5, 5.41) is 20.0. The highest BCUT2D eigenvalue weighted by Crippen LogP contribution is 2.39. The van der Waals surface area contributed by atoms with Gasteiger partial charge in [-0.2, -0.15) is 0 Å². The number of aromatic nitrogens is 1. The van der Waals surface area contributed by atoms with Gasteiger partial charge in [0, 0.05) is 61.6 Å². The van der Waals surface area contributed by atoms with Gasteiger partial charge < -0.3 is 39.8 Å². The average Bonchev–Trinajstić information content (AvgIpc) is 3.76. The highest BCUT2D eigenvalue weighted by molar-refractivity contribution is 7.09. The number of amides is 3. The number of piperidine rings is 1. The highest BCUT2D eigenvalue weighted by Gasteiger charge is 2.41. The lowest BCUT2D eigenvalue weighted by Gasteiger charge is -2.47. The third kappa shape index (κ3) is 11.2. The molecule has 0 unspecified atom stereocenters. The number of carbonyl (C=O) groups is 3. The third-order valence-electron chi connectivity index (χ3n) is 12.3. The van der Waals surface area contributed by atoms with Crippen molar-refractivity contribution in [3.63, 3.8) is 0 Å². The molecule has 3 N–H and O–H groups in total. The number of phenols is 1. The fraction of sp³-hybridized carbons (Fsp3) is 0.600. The van der Waals surface area contributed by atoms with Crippen LogP contribution in [0.3, 0.4) is 0 Å². The summed E-state index contributed by atoms with van der Waals surface area (Å²) < 4.78 is 18.0. The Kier molecular flexibility index (Phi) is 15.4. The number of rotatable bonds is 17. The topological polar surface area (TPSA) is 146 Å². The van der Waals surface area contributed by atoms with Gasteiger partial charge in [-0.15, -0.1) is 11.3 Å². The third-order valence-corrected chi connectivity index (χ3v) is 14.0.